The van der Waals surface area contributed by atoms with Crippen molar-refractivity contribution < 1.29 is 14.3 Å². The molecule has 0 aliphatic rings. The average molecular weight is 466 g/mol. The van der Waals surface area contributed by atoms with Crippen molar-refractivity contribution in [3.05, 3.63) is 47.8 Å². The summed E-state index contributed by atoms with van der Waals surface area (Å²) < 4.78 is 7.34. The van der Waals surface area contributed by atoms with Crippen LogP contribution in [0.3, 0.4) is 0 Å². The van der Waals surface area contributed by atoms with Crippen LogP contribution in [0.5, 0.6) is 0 Å². The van der Waals surface area contributed by atoms with Gasteiger partial charge in [-0.25, -0.2) is 14.8 Å². The minimum Gasteiger partial charge on any atom is -0.444 e. The lowest BCUT2D eigenvalue weighted by Gasteiger charge is -2.19. The number of nitrogens with zero attached hydrogens (tertiary/aromatic N) is 3. The summed E-state index contributed by atoms with van der Waals surface area (Å²) in [6.45, 7) is 9.90. The lowest BCUT2D eigenvalue weighted by molar-refractivity contribution is 0.0530. The van der Waals surface area contributed by atoms with Crippen LogP contribution < -0.4 is 10.6 Å². The predicted molar refractivity (Wildman–Crippen MR) is 131 cm³/mol. The van der Waals surface area contributed by atoms with Gasteiger partial charge in [0.15, 0.2) is 17.2 Å². The lowest BCUT2D eigenvalue weighted by atomic mass is 10.1. The fourth-order valence-corrected chi connectivity index (χ4v) is 4.61. The highest BCUT2D eigenvalue weighted by Crippen LogP contribution is 2.35. The zero-order valence-corrected chi connectivity index (χ0v) is 20.2. The number of carbonyl (C=O) groups is 2. The number of rotatable bonds is 6. The Bertz CT molecular complexity index is 1350. The van der Waals surface area contributed by atoms with E-state index in [2.05, 4.69) is 20.0 Å². The van der Waals surface area contributed by atoms with E-state index in [1.165, 1.54) is 0 Å². The van der Waals surface area contributed by atoms with Gasteiger partial charge in [0.05, 0.1) is 0 Å². The van der Waals surface area contributed by atoms with Gasteiger partial charge in [0.1, 0.15) is 15.9 Å². The van der Waals surface area contributed by atoms with E-state index in [4.69, 9.17) is 9.72 Å². The maximum Gasteiger partial charge on any atom is 0.407 e. The zero-order chi connectivity index (χ0) is 23.8. The van der Waals surface area contributed by atoms with Gasteiger partial charge in [-0.1, -0.05) is 18.2 Å². The Morgan fingerprint density at radius 2 is 1.97 bits per heavy atom. The Morgan fingerprint density at radius 1 is 1.18 bits per heavy atom. The molecule has 3 aromatic heterocycles. The summed E-state index contributed by atoms with van der Waals surface area (Å²) >= 11 is 1.61. The number of aromatic nitrogens is 3. The van der Waals surface area contributed by atoms with E-state index < -0.39 is 11.7 Å². The number of ketones is 1. The van der Waals surface area contributed by atoms with Gasteiger partial charge in [-0.15, -0.1) is 11.3 Å². The van der Waals surface area contributed by atoms with E-state index >= 15 is 0 Å². The number of aryl methyl sites for hydroxylation is 1. The molecule has 3 heterocycles. The van der Waals surface area contributed by atoms with Crippen LogP contribution in [0.15, 0.2) is 36.5 Å². The van der Waals surface area contributed by atoms with Gasteiger partial charge in [-0.3, -0.25) is 9.20 Å². The van der Waals surface area contributed by atoms with E-state index in [9.17, 15) is 9.59 Å². The molecule has 0 radical (unpaired) electrons. The minimum atomic E-state index is -0.537. The first kappa shape index (κ1) is 22.7. The molecule has 4 aromatic rings. The Morgan fingerprint density at radius 3 is 2.70 bits per heavy atom. The van der Waals surface area contributed by atoms with Crippen LogP contribution in [0.25, 0.3) is 26.4 Å². The first-order chi connectivity index (χ1) is 15.6. The van der Waals surface area contributed by atoms with Crippen molar-refractivity contribution in [2.24, 2.45) is 0 Å². The Balaban J connectivity index is 1.60. The number of Topliss-reactive ketones (excluding diaryl/α,β-unsaturated/α-hetero) is 1. The fourth-order valence-electron chi connectivity index (χ4n) is 3.45. The Labute approximate surface area is 196 Å². The van der Waals surface area contributed by atoms with Crippen molar-refractivity contribution >= 4 is 45.0 Å². The van der Waals surface area contributed by atoms with Crippen LogP contribution in [0.2, 0.25) is 0 Å². The molecule has 9 heteroatoms. The van der Waals surface area contributed by atoms with Gasteiger partial charge in [0.25, 0.3) is 0 Å². The Hall–Kier alpha value is -3.46. The molecule has 0 aliphatic carbocycles. The molecule has 1 amide bonds. The second kappa shape index (κ2) is 8.82. The maximum atomic E-state index is 11.9. The molecule has 0 fully saturated rings. The third-order valence-electron chi connectivity index (χ3n) is 4.92. The summed E-state index contributed by atoms with van der Waals surface area (Å²) in [5.74, 6) is 0.679. The van der Waals surface area contributed by atoms with E-state index in [0.717, 1.165) is 32.1 Å². The van der Waals surface area contributed by atoms with E-state index in [1.54, 1.807) is 18.3 Å². The highest BCUT2D eigenvalue weighted by Gasteiger charge is 2.17. The van der Waals surface area contributed by atoms with Crippen LogP contribution in [-0.2, 0) is 4.74 Å². The van der Waals surface area contributed by atoms with Gasteiger partial charge in [0.2, 0.25) is 0 Å². The van der Waals surface area contributed by atoms with Gasteiger partial charge < -0.3 is 15.4 Å². The summed E-state index contributed by atoms with van der Waals surface area (Å²) in [4.78, 5) is 35.0. The minimum absolute atomic E-state index is 0.0374. The molecule has 0 atom stereocenters. The van der Waals surface area contributed by atoms with E-state index in [0.29, 0.717) is 24.5 Å². The second-order valence-electron chi connectivity index (χ2n) is 8.81. The number of imidazole rings is 1. The highest BCUT2D eigenvalue weighted by atomic mass is 32.1. The van der Waals surface area contributed by atoms with E-state index in [-0.39, 0.29) is 5.78 Å². The van der Waals surface area contributed by atoms with Crippen molar-refractivity contribution in [3.63, 3.8) is 0 Å². The van der Waals surface area contributed by atoms with Gasteiger partial charge in [-0.2, -0.15) is 0 Å². The normalized spacial score (nSPS) is 11.7. The molecule has 0 saturated carbocycles. The molecule has 2 N–H and O–H groups in total. The van der Waals surface area contributed by atoms with E-state index in [1.807, 2.05) is 64.2 Å². The number of ether oxygens (including phenoxy) is 1. The molecule has 4 rings (SSSR count). The lowest BCUT2D eigenvalue weighted by Crippen LogP contribution is -2.35. The second-order valence-corrected chi connectivity index (χ2v) is 9.84. The number of fused-ring (bicyclic) bond motifs is 3. The number of thiophene rings is 1. The van der Waals surface area contributed by atoms with Gasteiger partial charge in [0, 0.05) is 35.4 Å². The number of carbonyl (C=O) groups excluding carboxylic acids is 2. The summed E-state index contributed by atoms with van der Waals surface area (Å²) in [6, 6.07) is 9.65. The average Bonchev–Trinajstić information content (AvgIpc) is 3.33. The van der Waals surface area contributed by atoms with Gasteiger partial charge >= 0.3 is 6.09 Å². The van der Waals surface area contributed by atoms with Crippen molar-refractivity contribution in [1.82, 2.24) is 19.7 Å². The molecule has 0 aliphatic heterocycles. The van der Waals surface area contributed by atoms with Crippen LogP contribution in [0.1, 0.15) is 43.7 Å². The third-order valence-corrected chi connectivity index (χ3v) is 6.08. The Kier molecular flexibility index (Phi) is 6.07. The molecule has 0 unspecified atom stereocenters. The SMILES string of the molecule is CC(=O)c1cccc(-c2cc3nc(NCCNC(=O)OC(C)(C)C)c4ncc(C)n4c3s2)c1. The predicted octanol–water partition coefficient (Wildman–Crippen LogP) is 5.06. The molecule has 8 nitrogen and oxygen atoms in total. The summed E-state index contributed by atoms with van der Waals surface area (Å²) in [7, 11) is 0. The van der Waals surface area contributed by atoms with Crippen LogP contribution in [0, 0.1) is 6.92 Å². The third kappa shape index (κ3) is 4.98. The number of alkyl carbamates (subject to hydrolysis) is 1. The topological polar surface area (TPSA) is 97.6 Å². The zero-order valence-electron chi connectivity index (χ0n) is 19.4. The number of nitrogens with one attached hydrogen (secondary N) is 2. The van der Waals surface area contributed by atoms with Gasteiger partial charge in [-0.05, 0) is 52.3 Å². The number of anilines is 1. The van der Waals surface area contributed by atoms with Crippen LogP contribution in [-0.4, -0.2) is 44.9 Å². The monoisotopic (exact) mass is 465 g/mol. The summed E-state index contributed by atoms with van der Waals surface area (Å²) in [5.41, 5.74) is 3.68. The quantitative estimate of drug-likeness (QED) is 0.305. The summed E-state index contributed by atoms with van der Waals surface area (Å²) in [6.07, 6.45) is 1.36. The number of amides is 1. The summed E-state index contributed by atoms with van der Waals surface area (Å²) in [5, 5.41) is 6.02. The standard InChI is InChI=1S/C24H27N5O3S/c1-14-13-27-21-20(25-9-10-26-23(31)32-24(3,4)5)28-18-12-19(33-22(18)29(14)21)17-8-6-7-16(11-17)15(2)30/h6-8,11-13H,9-10H2,1-5H3,(H,25,28)(H,26,31). The molecular weight excluding hydrogens is 438 g/mol. The first-order valence-electron chi connectivity index (χ1n) is 10.7. The van der Waals surface area contributed by atoms with Crippen molar-refractivity contribution in [2.75, 3.05) is 18.4 Å². The van der Waals surface area contributed by atoms with Crippen molar-refractivity contribution in [1.29, 1.82) is 0 Å². The first-order valence-corrected chi connectivity index (χ1v) is 11.5. The fraction of sp³-hybridized carbons (Fsp3) is 0.333. The molecular formula is C24H27N5O3S. The maximum absolute atomic E-state index is 11.9. The largest absolute Gasteiger partial charge is 0.444 e. The molecule has 0 saturated heterocycles. The molecule has 172 valence electrons. The molecule has 0 bridgehead atoms. The van der Waals surface area contributed by atoms with Crippen LogP contribution in [0.4, 0.5) is 10.6 Å². The van der Waals surface area contributed by atoms with Crippen molar-refractivity contribution in [2.45, 2.75) is 40.2 Å². The van der Waals surface area contributed by atoms with Crippen LogP contribution >= 0.6 is 11.3 Å². The molecule has 1 aromatic carbocycles. The number of benzene rings is 1. The number of hydrogen-bond donors (Lipinski definition) is 2. The molecule has 0 spiro atoms. The molecule has 33 heavy (non-hydrogen) atoms. The number of hydrogen-bond acceptors (Lipinski definition) is 7. The van der Waals surface area contributed by atoms with Crippen molar-refractivity contribution in [3.8, 4) is 10.4 Å². The smallest absolute Gasteiger partial charge is 0.407 e. The highest BCUT2D eigenvalue weighted by molar-refractivity contribution is 7.21.